The molecule has 2 aliphatic heterocycles. The highest BCUT2D eigenvalue weighted by molar-refractivity contribution is 6.31. The van der Waals surface area contributed by atoms with Gasteiger partial charge in [0.2, 0.25) is 5.91 Å². The molecule has 9 heteroatoms. The molecule has 0 spiro atoms. The van der Waals surface area contributed by atoms with Crippen LogP contribution in [-0.2, 0) is 16.1 Å². The molecular weight excluding hydrogens is 406 g/mol. The van der Waals surface area contributed by atoms with E-state index in [1.807, 2.05) is 6.07 Å². The van der Waals surface area contributed by atoms with Crippen molar-refractivity contribution < 1.29 is 14.4 Å². The van der Waals surface area contributed by atoms with Crippen molar-refractivity contribution in [3.8, 4) is 0 Å². The van der Waals surface area contributed by atoms with Crippen LogP contribution < -0.4 is 10.6 Å². The van der Waals surface area contributed by atoms with Gasteiger partial charge in [-0.2, -0.15) is 0 Å². The maximum Gasteiger partial charge on any atom is 0.322 e. The Morgan fingerprint density at radius 1 is 1.27 bits per heavy atom. The number of aromatic nitrogens is 1. The van der Waals surface area contributed by atoms with Crippen molar-refractivity contribution in [2.75, 3.05) is 20.1 Å². The number of halogens is 1. The molecule has 0 bridgehead atoms. The third-order valence-corrected chi connectivity index (χ3v) is 5.54. The minimum atomic E-state index is -0.659. The molecule has 154 valence electrons. The van der Waals surface area contributed by atoms with Crippen molar-refractivity contribution >= 4 is 29.4 Å². The van der Waals surface area contributed by atoms with Gasteiger partial charge in [0.15, 0.2) is 0 Å². The Morgan fingerprint density at radius 3 is 2.80 bits per heavy atom. The molecule has 0 saturated carbocycles. The van der Waals surface area contributed by atoms with E-state index in [4.69, 9.17) is 11.6 Å². The second kappa shape index (κ2) is 8.16. The van der Waals surface area contributed by atoms with Crippen LogP contribution in [0.1, 0.15) is 17.2 Å². The first-order chi connectivity index (χ1) is 14.5. The van der Waals surface area contributed by atoms with Crippen LogP contribution in [0.2, 0.25) is 5.02 Å². The van der Waals surface area contributed by atoms with Gasteiger partial charge in [-0.25, -0.2) is 4.79 Å². The molecule has 3 heterocycles. The van der Waals surface area contributed by atoms with Gasteiger partial charge in [0, 0.05) is 31.0 Å². The van der Waals surface area contributed by atoms with Gasteiger partial charge in [-0.15, -0.1) is 0 Å². The summed E-state index contributed by atoms with van der Waals surface area (Å²) in [4.78, 5) is 44.9. The van der Waals surface area contributed by atoms with Gasteiger partial charge in [-0.05, 0) is 23.3 Å². The smallest absolute Gasteiger partial charge is 0.322 e. The maximum absolute atomic E-state index is 13.2. The summed E-state index contributed by atoms with van der Waals surface area (Å²) in [7, 11) is 1.60. The predicted octanol–water partition coefficient (Wildman–Crippen LogP) is 1.84. The summed E-state index contributed by atoms with van der Waals surface area (Å²) in [6.45, 7) is 0.396. The lowest BCUT2D eigenvalue weighted by molar-refractivity contribution is -0.132. The molecule has 0 saturated heterocycles. The number of benzene rings is 1. The largest absolute Gasteiger partial charge is 0.350 e. The number of likely N-dealkylation sites (N-methyl/N-ethyl adjacent to an activating group) is 1. The van der Waals surface area contributed by atoms with Crippen molar-refractivity contribution in [2.45, 2.75) is 12.6 Å². The summed E-state index contributed by atoms with van der Waals surface area (Å²) in [5.41, 5.74) is 2.52. The van der Waals surface area contributed by atoms with Crippen LogP contribution in [0.5, 0.6) is 0 Å². The molecule has 0 aliphatic carbocycles. The Morgan fingerprint density at radius 2 is 2.07 bits per heavy atom. The lowest BCUT2D eigenvalue weighted by Gasteiger charge is -2.31. The number of hydrogen-bond donors (Lipinski definition) is 2. The lowest BCUT2D eigenvalue weighted by atomic mass is 9.96. The van der Waals surface area contributed by atoms with Gasteiger partial charge in [0.1, 0.15) is 6.54 Å². The van der Waals surface area contributed by atoms with Crippen LogP contribution in [0.25, 0.3) is 0 Å². The Bertz CT molecular complexity index is 1040. The summed E-state index contributed by atoms with van der Waals surface area (Å²) in [5, 5.41) is 6.08. The van der Waals surface area contributed by atoms with E-state index in [1.165, 1.54) is 9.80 Å². The van der Waals surface area contributed by atoms with Gasteiger partial charge < -0.3 is 15.5 Å². The van der Waals surface area contributed by atoms with Crippen LogP contribution in [0.3, 0.4) is 0 Å². The quantitative estimate of drug-likeness (QED) is 0.764. The summed E-state index contributed by atoms with van der Waals surface area (Å²) < 4.78 is 0. The molecular formula is C21H20ClN5O3. The number of carbonyl (C=O) groups excluding carboxylic acids is 3. The number of pyridine rings is 1. The molecule has 1 aromatic heterocycles. The van der Waals surface area contributed by atoms with Crippen LogP contribution in [0, 0.1) is 0 Å². The van der Waals surface area contributed by atoms with Crippen LogP contribution >= 0.6 is 11.6 Å². The van der Waals surface area contributed by atoms with Crippen LogP contribution in [0.4, 0.5) is 4.79 Å². The third-order valence-electron chi connectivity index (χ3n) is 5.20. The topological polar surface area (TPSA) is 94.6 Å². The van der Waals surface area contributed by atoms with Gasteiger partial charge in [0.25, 0.3) is 5.91 Å². The van der Waals surface area contributed by atoms with E-state index in [0.29, 0.717) is 28.4 Å². The number of urea groups is 1. The first-order valence-corrected chi connectivity index (χ1v) is 9.80. The fourth-order valence-corrected chi connectivity index (χ4v) is 3.87. The second-order valence-electron chi connectivity index (χ2n) is 7.12. The van der Waals surface area contributed by atoms with E-state index < -0.39 is 6.04 Å². The lowest BCUT2D eigenvalue weighted by Crippen LogP contribution is -2.45. The molecule has 30 heavy (non-hydrogen) atoms. The van der Waals surface area contributed by atoms with Gasteiger partial charge in [0.05, 0.1) is 23.9 Å². The highest BCUT2D eigenvalue weighted by Crippen LogP contribution is 2.37. The SMILES string of the molecule is CN1C(=O)N[C@@H](c2ccccc2Cl)C2=C1CN(CC(=O)NCc1cccnc1)C2=O. The minimum absolute atomic E-state index is 0.108. The average Bonchev–Trinajstić information content (AvgIpc) is 3.07. The number of rotatable bonds is 5. The van der Waals surface area contributed by atoms with Crippen LogP contribution in [0.15, 0.2) is 60.1 Å². The fourth-order valence-electron chi connectivity index (χ4n) is 3.63. The van der Waals surface area contributed by atoms with E-state index in [9.17, 15) is 14.4 Å². The van der Waals surface area contributed by atoms with E-state index in [2.05, 4.69) is 15.6 Å². The Labute approximate surface area is 178 Å². The van der Waals surface area contributed by atoms with Crippen molar-refractivity contribution in [3.63, 3.8) is 0 Å². The monoisotopic (exact) mass is 425 g/mol. The standard InChI is InChI=1S/C21H20ClN5O3/c1-26-16-11-27(12-17(28)24-10-13-5-4-8-23-9-13)20(29)18(16)19(25-21(26)30)14-6-2-3-7-15(14)22/h2-9,19H,10-12H2,1H3,(H,24,28)(H,25,30)/t19-/m0/s1. The Hall–Kier alpha value is -3.39. The molecule has 4 rings (SSSR count). The van der Waals surface area contributed by atoms with Crippen molar-refractivity contribution in [1.29, 1.82) is 0 Å². The van der Waals surface area contributed by atoms with Gasteiger partial charge in [-0.1, -0.05) is 35.9 Å². The first kappa shape index (κ1) is 19.9. The zero-order chi connectivity index (χ0) is 21.3. The molecule has 0 fully saturated rings. The molecule has 8 nitrogen and oxygen atoms in total. The number of amides is 4. The van der Waals surface area contributed by atoms with Crippen molar-refractivity contribution in [3.05, 3.63) is 76.2 Å². The molecule has 2 aliphatic rings. The Balaban J connectivity index is 1.51. The second-order valence-corrected chi connectivity index (χ2v) is 7.53. The maximum atomic E-state index is 13.2. The zero-order valence-electron chi connectivity index (χ0n) is 16.3. The number of hydrogen-bond acceptors (Lipinski definition) is 4. The molecule has 1 aromatic carbocycles. The highest BCUT2D eigenvalue weighted by atomic mass is 35.5. The van der Waals surface area contributed by atoms with Crippen LogP contribution in [-0.4, -0.2) is 52.8 Å². The molecule has 1 atom stereocenters. The average molecular weight is 426 g/mol. The molecule has 2 N–H and O–H groups in total. The number of nitrogens with one attached hydrogen (secondary N) is 2. The van der Waals surface area contributed by atoms with Gasteiger partial charge in [-0.3, -0.25) is 19.5 Å². The Kier molecular flexibility index (Phi) is 5.41. The highest BCUT2D eigenvalue weighted by Gasteiger charge is 2.43. The summed E-state index contributed by atoms with van der Waals surface area (Å²) in [6, 6.07) is 9.74. The first-order valence-electron chi connectivity index (χ1n) is 9.42. The summed E-state index contributed by atoms with van der Waals surface area (Å²) in [6.07, 6.45) is 3.33. The van der Waals surface area contributed by atoms with Gasteiger partial charge >= 0.3 is 6.03 Å². The predicted molar refractivity (Wildman–Crippen MR) is 110 cm³/mol. The molecule has 0 radical (unpaired) electrons. The summed E-state index contributed by atoms with van der Waals surface area (Å²) >= 11 is 6.32. The minimum Gasteiger partial charge on any atom is -0.350 e. The summed E-state index contributed by atoms with van der Waals surface area (Å²) in [5.74, 6) is -0.582. The number of carbonyl (C=O) groups is 3. The molecule has 2 aromatic rings. The van der Waals surface area contributed by atoms with E-state index in [1.54, 1.807) is 49.8 Å². The normalized spacial score (nSPS) is 18.4. The molecule has 0 unspecified atom stereocenters. The van der Waals surface area contributed by atoms with E-state index in [0.717, 1.165) is 5.56 Å². The fraction of sp³-hybridized carbons (Fsp3) is 0.238. The zero-order valence-corrected chi connectivity index (χ0v) is 17.0. The third kappa shape index (κ3) is 3.73. The number of nitrogens with zero attached hydrogens (tertiary/aromatic N) is 3. The molecule has 4 amide bonds. The van der Waals surface area contributed by atoms with Crippen molar-refractivity contribution in [2.24, 2.45) is 0 Å². The van der Waals surface area contributed by atoms with E-state index in [-0.39, 0.29) is 30.9 Å². The van der Waals surface area contributed by atoms with E-state index >= 15 is 0 Å². The van der Waals surface area contributed by atoms with Crippen molar-refractivity contribution in [1.82, 2.24) is 25.4 Å².